The zero-order valence-corrected chi connectivity index (χ0v) is 27.6. The summed E-state index contributed by atoms with van der Waals surface area (Å²) in [6.07, 6.45) is 0. The van der Waals surface area contributed by atoms with Crippen LogP contribution in [0.4, 0.5) is 0 Å². The lowest BCUT2D eigenvalue weighted by Crippen LogP contribution is -2.13. The van der Waals surface area contributed by atoms with Crippen molar-refractivity contribution in [2.45, 2.75) is 0 Å². The molecule has 0 aliphatic heterocycles. The molecule has 0 saturated carbocycles. The van der Waals surface area contributed by atoms with E-state index in [-0.39, 0.29) is 109 Å². The molecule has 0 spiro atoms. The van der Waals surface area contributed by atoms with Crippen molar-refractivity contribution in [1.82, 2.24) is 0 Å². The van der Waals surface area contributed by atoms with Gasteiger partial charge in [0.2, 0.25) is 0 Å². The minimum Gasteiger partial charge on any atom is -0.460 e. The molecule has 18 heteroatoms. The van der Waals surface area contributed by atoms with Crippen molar-refractivity contribution in [3.8, 4) is 0 Å². The van der Waals surface area contributed by atoms with Crippen molar-refractivity contribution in [2.24, 2.45) is 0 Å². The molecule has 2 aromatic rings. The lowest BCUT2D eigenvalue weighted by atomic mass is 10.1. The summed E-state index contributed by atoms with van der Waals surface area (Å²) < 4.78 is 28.7. The average Bonchev–Trinajstić information content (AvgIpc) is 3.15. The van der Waals surface area contributed by atoms with E-state index in [0.29, 0.717) is 18.8 Å². The van der Waals surface area contributed by atoms with Gasteiger partial charge in [0.15, 0.2) is 0 Å². The average molecular weight is 721 g/mol. The number of hydrogen-bond acceptors (Lipinski definition) is 18. The molecule has 18 nitrogen and oxygen atoms in total. The van der Waals surface area contributed by atoms with Crippen molar-refractivity contribution in [3.05, 3.63) is 70.8 Å². The summed E-state index contributed by atoms with van der Waals surface area (Å²) in [5.74, 6) is -2.24. The van der Waals surface area contributed by atoms with Crippen LogP contribution in [0, 0.1) is 0 Å². The van der Waals surface area contributed by atoms with Gasteiger partial charge in [-0.3, -0.25) is 0 Å². The number of benzene rings is 2. The quantitative estimate of drug-likeness (QED) is 0.0415. The normalized spacial score (nSPS) is 9.76. The first kappa shape index (κ1) is 48.0. The Hall–Kier alpha value is -4.08. The molecule has 0 heterocycles. The lowest BCUT2D eigenvalue weighted by molar-refractivity contribution is 0.0257. The Bertz CT molecular complexity index is 1080. The molecule has 0 bridgehead atoms. The van der Waals surface area contributed by atoms with E-state index >= 15 is 0 Å². The number of carbonyl (C=O) groups is 4. The van der Waals surface area contributed by atoms with Crippen molar-refractivity contribution >= 4 is 23.9 Å². The molecule has 0 atom stereocenters. The third-order valence-corrected chi connectivity index (χ3v) is 4.95. The van der Waals surface area contributed by atoms with Gasteiger partial charge in [0.1, 0.15) is 26.4 Å². The fourth-order valence-electron chi connectivity index (χ4n) is 2.82. The SMILES string of the molecule is O=C(OCCO)c1ccc(C(=O)OCCO)cc1.O=C(OCCO)c1ccc(C(=O)OCCOCCO)cc1.OCCO.OCCOCCO. The Morgan fingerprint density at radius 3 is 0.760 bits per heavy atom. The van der Waals surface area contributed by atoms with Crippen LogP contribution in [0.5, 0.6) is 0 Å². The maximum atomic E-state index is 11.7. The van der Waals surface area contributed by atoms with Crippen LogP contribution in [0.3, 0.4) is 0 Å². The number of rotatable bonds is 20. The van der Waals surface area contributed by atoms with Crippen molar-refractivity contribution in [3.63, 3.8) is 0 Å². The molecular weight excluding hydrogens is 672 g/mol. The van der Waals surface area contributed by atoms with Gasteiger partial charge in [0, 0.05) is 0 Å². The number of aliphatic hydroxyl groups excluding tert-OH is 8. The van der Waals surface area contributed by atoms with E-state index in [2.05, 4.69) is 4.74 Å². The largest absolute Gasteiger partial charge is 0.460 e. The molecule has 0 aliphatic carbocycles. The van der Waals surface area contributed by atoms with Gasteiger partial charge >= 0.3 is 23.9 Å². The highest BCUT2D eigenvalue weighted by atomic mass is 16.6. The summed E-state index contributed by atoms with van der Waals surface area (Å²) in [4.78, 5) is 45.9. The monoisotopic (exact) mass is 720 g/mol. The van der Waals surface area contributed by atoms with Gasteiger partial charge in [-0.2, -0.15) is 0 Å². The predicted octanol–water partition coefficient (Wildman–Crippen LogP) is -2.06. The number of hydrogen-bond donors (Lipinski definition) is 8. The second-order valence-corrected chi connectivity index (χ2v) is 8.71. The van der Waals surface area contributed by atoms with Crippen LogP contribution in [-0.2, 0) is 28.4 Å². The minimum absolute atomic E-state index is 0.0278. The topological polar surface area (TPSA) is 286 Å². The summed E-state index contributed by atoms with van der Waals surface area (Å²) in [5.41, 5.74) is 1.14. The maximum absolute atomic E-state index is 11.7. The maximum Gasteiger partial charge on any atom is 0.338 e. The minimum atomic E-state index is -0.570. The van der Waals surface area contributed by atoms with Gasteiger partial charge in [0.25, 0.3) is 0 Å². The number of carbonyl (C=O) groups excluding carboxylic acids is 4. The summed E-state index contributed by atoms with van der Waals surface area (Å²) in [6, 6.07) is 11.5. The van der Waals surface area contributed by atoms with Gasteiger partial charge < -0.3 is 69.3 Å². The Labute approximate surface area is 288 Å². The van der Waals surface area contributed by atoms with E-state index in [0.717, 1.165) is 0 Å². The molecule has 0 saturated heterocycles. The Kier molecular flexibility index (Phi) is 33.4. The fraction of sp³-hybridized carbons (Fsp3) is 0.500. The molecule has 2 aromatic carbocycles. The van der Waals surface area contributed by atoms with E-state index in [9.17, 15) is 19.2 Å². The molecule has 0 radical (unpaired) electrons. The van der Waals surface area contributed by atoms with Gasteiger partial charge in [-0.1, -0.05) is 0 Å². The second-order valence-electron chi connectivity index (χ2n) is 8.71. The Balaban J connectivity index is 0. The number of esters is 4. The fourth-order valence-corrected chi connectivity index (χ4v) is 2.82. The summed E-state index contributed by atoms with van der Waals surface area (Å²) in [7, 11) is 0. The zero-order valence-electron chi connectivity index (χ0n) is 27.6. The molecule has 0 aliphatic rings. The predicted molar refractivity (Wildman–Crippen MR) is 172 cm³/mol. The van der Waals surface area contributed by atoms with E-state index < -0.39 is 23.9 Å². The highest BCUT2D eigenvalue weighted by Gasteiger charge is 2.12. The molecule has 0 amide bonds. The van der Waals surface area contributed by atoms with Crippen LogP contribution < -0.4 is 0 Å². The van der Waals surface area contributed by atoms with Crippen LogP contribution in [0.25, 0.3) is 0 Å². The first-order valence-electron chi connectivity index (χ1n) is 15.1. The molecule has 0 unspecified atom stereocenters. The second kappa shape index (κ2) is 34.8. The molecule has 0 fully saturated rings. The summed E-state index contributed by atoms with van der Waals surface area (Å²) >= 11 is 0. The zero-order chi connectivity index (χ0) is 37.8. The summed E-state index contributed by atoms with van der Waals surface area (Å²) in [5, 5.41) is 65.5. The highest BCUT2D eigenvalue weighted by Crippen LogP contribution is 2.08. The van der Waals surface area contributed by atoms with E-state index in [1.165, 1.54) is 48.5 Å². The third-order valence-electron chi connectivity index (χ3n) is 4.95. The van der Waals surface area contributed by atoms with Gasteiger partial charge in [-0.25, -0.2) is 19.2 Å². The first-order chi connectivity index (χ1) is 24.2. The molecule has 8 N–H and O–H groups in total. The van der Waals surface area contributed by atoms with E-state index in [4.69, 9.17) is 64.5 Å². The van der Waals surface area contributed by atoms with Gasteiger partial charge in [-0.05, 0) is 48.5 Å². The van der Waals surface area contributed by atoms with Crippen LogP contribution in [0.2, 0.25) is 0 Å². The lowest BCUT2D eigenvalue weighted by Gasteiger charge is -2.06. The first-order valence-corrected chi connectivity index (χ1v) is 15.1. The molecule has 0 aromatic heterocycles. The van der Waals surface area contributed by atoms with Crippen LogP contribution in [-0.4, -0.2) is 170 Å². The van der Waals surface area contributed by atoms with Crippen molar-refractivity contribution in [2.75, 3.05) is 106 Å². The van der Waals surface area contributed by atoms with E-state index in [1.807, 2.05) is 0 Å². The van der Waals surface area contributed by atoms with Crippen LogP contribution in [0.1, 0.15) is 41.4 Å². The highest BCUT2D eigenvalue weighted by molar-refractivity contribution is 5.94. The van der Waals surface area contributed by atoms with Crippen LogP contribution >= 0.6 is 0 Å². The van der Waals surface area contributed by atoms with Crippen molar-refractivity contribution < 1.29 is 88.5 Å². The smallest absolute Gasteiger partial charge is 0.338 e. The van der Waals surface area contributed by atoms with Gasteiger partial charge in [-0.15, -0.1) is 0 Å². The van der Waals surface area contributed by atoms with Crippen molar-refractivity contribution in [1.29, 1.82) is 0 Å². The van der Waals surface area contributed by atoms with E-state index in [1.54, 1.807) is 0 Å². The molecule has 50 heavy (non-hydrogen) atoms. The van der Waals surface area contributed by atoms with Gasteiger partial charge in [0.05, 0.1) is 102 Å². The van der Waals surface area contributed by atoms with Crippen LogP contribution in [0.15, 0.2) is 48.5 Å². The molecule has 2 rings (SSSR count). The number of aliphatic hydroxyl groups is 8. The Morgan fingerprint density at radius 2 is 0.540 bits per heavy atom. The number of ether oxygens (including phenoxy) is 6. The molecular formula is C32H48O18. The standard InChI is InChI=1S/C14H18O7.C12H14O6.C4H10O3.C2H6O2/c15-5-7-19-9-10-21-14(18)12-3-1-11(2-4-12)13(17)20-8-6-16;13-5-7-17-11(15)9-1-2-10(4-3-9)12(16)18-8-6-14;5-1-3-7-4-2-6;3-1-2-4/h1-4,15-16H,5-10H2;1-4,13-14H,5-8H2;5-6H,1-4H2;3-4H,1-2H2. The molecule has 284 valence electrons. The summed E-state index contributed by atoms with van der Waals surface area (Å²) in [6.45, 7) is -0.0834. The third kappa shape index (κ3) is 25.9. The Morgan fingerprint density at radius 1 is 0.320 bits per heavy atom.